The Morgan fingerprint density at radius 1 is 1.46 bits per heavy atom. The van der Waals surface area contributed by atoms with Gasteiger partial charge in [0, 0.05) is 11.6 Å². The molecule has 1 saturated heterocycles. The second-order valence-electron chi connectivity index (χ2n) is 6.36. The highest BCUT2D eigenvalue weighted by atomic mass is 35.5. The van der Waals surface area contributed by atoms with Crippen LogP contribution in [0.5, 0.6) is 0 Å². The van der Waals surface area contributed by atoms with Crippen molar-refractivity contribution < 1.29 is 14.6 Å². The van der Waals surface area contributed by atoms with E-state index in [-0.39, 0.29) is 30.0 Å². The van der Waals surface area contributed by atoms with Crippen LogP contribution in [0.4, 0.5) is 4.79 Å². The van der Waals surface area contributed by atoms with Crippen molar-refractivity contribution in [2.45, 2.75) is 12.6 Å². The third kappa shape index (κ3) is 3.30. The summed E-state index contributed by atoms with van der Waals surface area (Å²) in [6.07, 6.45) is 0.407. The monoisotopic (exact) mass is 421 g/mol. The van der Waals surface area contributed by atoms with Gasteiger partial charge in [0.2, 0.25) is 0 Å². The minimum Gasteiger partial charge on any atom is -0.465 e. The van der Waals surface area contributed by atoms with Crippen LogP contribution in [0.15, 0.2) is 29.3 Å². The van der Waals surface area contributed by atoms with Crippen molar-refractivity contribution in [2.24, 2.45) is 0 Å². The summed E-state index contributed by atoms with van der Waals surface area (Å²) in [6, 6.07) is 4.79. The van der Waals surface area contributed by atoms with Crippen LogP contribution < -0.4 is 5.56 Å². The summed E-state index contributed by atoms with van der Waals surface area (Å²) in [5.41, 5.74) is 1.93. The van der Waals surface area contributed by atoms with E-state index in [1.54, 1.807) is 16.7 Å². The molecule has 4 rings (SSSR count). The van der Waals surface area contributed by atoms with E-state index in [1.807, 2.05) is 6.07 Å². The van der Waals surface area contributed by atoms with Gasteiger partial charge in [0.25, 0.3) is 5.56 Å². The highest BCUT2D eigenvalue weighted by Gasteiger charge is 2.30. The number of benzene rings is 1. The van der Waals surface area contributed by atoms with Gasteiger partial charge < -0.3 is 14.8 Å². The Morgan fingerprint density at radius 2 is 2.29 bits per heavy atom. The molecule has 2 aromatic heterocycles. The van der Waals surface area contributed by atoms with Gasteiger partial charge in [-0.05, 0) is 35.5 Å². The maximum absolute atomic E-state index is 12.0. The van der Waals surface area contributed by atoms with Crippen molar-refractivity contribution in [3.63, 3.8) is 0 Å². The van der Waals surface area contributed by atoms with Crippen LogP contribution in [0.2, 0.25) is 5.02 Å². The van der Waals surface area contributed by atoms with Gasteiger partial charge in [0.05, 0.1) is 32.1 Å². The van der Waals surface area contributed by atoms with Gasteiger partial charge in [-0.3, -0.25) is 19.2 Å². The molecule has 9 nitrogen and oxygen atoms in total. The predicted molar refractivity (Wildman–Crippen MR) is 104 cm³/mol. The fourth-order valence-electron chi connectivity index (χ4n) is 3.41. The summed E-state index contributed by atoms with van der Waals surface area (Å²) in [7, 11) is 0. The molecule has 1 fully saturated rings. The number of H-pyrrole nitrogens is 2. The molecule has 0 radical (unpaired) electrons. The number of rotatable bonds is 3. The van der Waals surface area contributed by atoms with E-state index in [0.717, 1.165) is 11.1 Å². The van der Waals surface area contributed by atoms with Gasteiger partial charge in [-0.25, -0.2) is 9.78 Å². The fraction of sp³-hybridized carbons (Fsp3) is 0.294. The molecule has 3 aromatic rings. The van der Waals surface area contributed by atoms with Crippen molar-refractivity contribution in [2.75, 3.05) is 19.8 Å². The number of ether oxygens (including phenoxy) is 1. The first-order valence-corrected chi connectivity index (χ1v) is 9.26. The summed E-state index contributed by atoms with van der Waals surface area (Å²) >= 11 is 11.5. The molecular formula is C17H16ClN5O4S. The lowest BCUT2D eigenvalue weighted by Crippen LogP contribution is -2.43. The molecule has 0 aliphatic carbocycles. The van der Waals surface area contributed by atoms with Crippen molar-refractivity contribution in [3.8, 4) is 0 Å². The van der Waals surface area contributed by atoms with Gasteiger partial charge in [0.15, 0.2) is 10.4 Å². The highest BCUT2D eigenvalue weighted by Crippen LogP contribution is 2.30. The second-order valence-corrected chi connectivity index (χ2v) is 7.18. The van der Waals surface area contributed by atoms with Crippen LogP contribution in [0.3, 0.4) is 0 Å². The number of aromatic amines is 2. The van der Waals surface area contributed by atoms with Crippen LogP contribution in [0.25, 0.3) is 11.2 Å². The minimum atomic E-state index is -1.02. The molecule has 3 heterocycles. The van der Waals surface area contributed by atoms with Crippen LogP contribution in [-0.4, -0.2) is 55.4 Å². The summed E-state index contributed by atoms with van der Waals surface area (Å²) in [6.45, 7) is 1.13. The maximum Gasteiger partial charge on any atom is 0.407 e. The summed E-state index contributed by atoms with van der Waals surface area (Å²) in [5.74, 6) is 0. The Morgan fingerprint density at radius 3 is 3.07 bits per heavy atom. The van der Waals surface area contributed by atoms with Crippen LogP contribution >= 0.6 is 23.8 Å². The van der Waals surface area contributed by atoms with Crippen molar-refractivity contribution >= 4 is 41.1 Å². The molecule has 1 aliphatic heterocycles. The number of nitrogens with zero attached hydrogens (tertiary/aromatic N) is 3. The smallest absolute Gasteiger partial charge is 0.407 e. The Hall–Kier alpha value is -2.69. The molecule has 11 heteroatoms. The molecular weight excluding hydrogens is 406 g/mol. The molecule has 0 spiro atoms. The first-order chi connectivity index (χ1) is 13.5. The van der Waals surface area contributed by atoms with E-state index < -0.39 is 12.1 Å². The zero-order valence-electron chi connectivity index (χ0n) is 14.5. The Balaban J connectivity index is 1.82. The predicted octanol–water partition coefficient (Wildman–Crippen LogP) is 2.54. The lowest BCUT2D eigenvalue weighted by atomic mass is 9.98. The molecule has 1 atom stereocenters. The Bertz CT molecular complexity index is 1170. The normalized spacial score (nSPS) is 17.2. The van der Waals surface area contributed by atoms with E-state index in [0.29, 0.717) is 22.8 Å². The van der Waals surface area contributed by atoms with Gasteiger partial charge >= 0.3 is 6.09 Å². The minimum absolute atomic E-state index is 0.223. The molecule has 0 bridgehead atoms. The third-order valence-electron chi connectivity index (χ3n) is 4.74. The molecule has 1 unspecified atom stereocenters. The Kier molecular flexibility index (Phi) is 4.92. The molecule has 1 aromatic carbocycles. The number of nitrogens with one attached hydrogen (secondary N) is 2. The average Bonchev–Trinajstić information content (AvgIpc) is 3.16. The van der Waals surface area contributed by atoms with Crippen molar-refractivity contribution in [1.82, 2.24) is 24.4 Å². The number of morpholine rings is 1. The molecule has 0 saturated carbocycles. The van der Waals surface area contributed by atoms with E-state index in [4.69, 9.17) is 28.6 Å². The maximum atomic E-state index is 12.0. The van der Waals surface area contributed by atoms with Crippen molar-refractivity contribution in [3.05, 3.63) is 55.8 Å². The van der Waals surface area contributed by atoms with E-state index in [9.17, 15) is 14.7 Å². The molecule has 3 N–H and O–H groups in total. The summed E-state index contributed by atoms with van der Waals surface area (Å²) < 4.78 is 7.43. The number of amides is 1. The number of imidazole rings is 1. The van der Waals surface area contributed by atoms with Gasteiger partial charge in [-0.2, -0.15) is 0 Å². The molecule has 146 valence electrons. The number of carboxylic acid groups (broad SMARTS) is 1. The second kappa shape index (κ2) is 7.38. The fourth-order valence-corrected chi connectivity index (χ4v) is 3.83. The van der Waals surface area contributed by atoms with Crippen molar-refractivity contribution in [1.29, 1.82) is 0 Å². The Labute approximate surface area is 168 Å². The lowest BCUT2D eigenvalue weighted by molar-refractivity contribution is -0.00118. The van der Waals surface area contributed by atoms with Crippen LogP contribution in [0.1, 0.15) is 17.2 Å². The summed E-state index contributed by atoms with van der Waals surface area (Å²) in [4.78, 5) is 34.7. The van der Waals surface area contributed by atoms with E-state index >= 15 is 0 Å². The molecule has 1 aliphatic rings. The third-order valence-corrected chi connectivity index (χ3v) is 5.29. The van der Waals surface area contributed by atoms with Gasteiger partial charge in [-0.15, -0.1) is 0 Å². The number of fused-ring (bicyclic) bond motifs is 1. The van der Waals surface area contributed by atoms with Gasteiger partial charge in [0.1, 0.15) is 5.52 Å². The number of carbonyl (C=O) groups is 1. The first-order valence-electron chi connectivity index (χ1n) is 8.47. The van der Waals surface area contributed by atoms with E-state index in [2.05, 4.69) is 15.0 Å². The SMILES string of the molecule is O=C(O)N1CCOCC1c1cc(Cl)ccc1Cn1c(=S)[nH]c(=O)c2[nH]cnc21. The zero-order chi connectivity index (χ0) is 19.8. The van der Waals surface area contributed by atoms with Gasteiger partial charge in [-0.1, -0.05) is 17.7 Å². The first kappa shape index (κ1) is 18.7. The number of hydrogen-bond donors (Lipinski definition) is 3. The number of aromatic nitrogens is 4. The average molecular weight is 422 g/mol. The zero-order valence-corrected chi connectivity index (χ0v) is 16.1. The number of hydrogen-bond acceptors (Lipinski definition) is 5. The summed E-state index contributed by atoms with van der Waals surface area (Å²) in [5, 5.41) is 10.1. The molecule has 28 heavy (non-hydrogen) atoms. The number of halogens is 1. The van der Waals surface area contributed by atoms with Crippen LogP contribution in [0, 0.1) is 4.77 Å². The van der Waals surface area contributed by atoms with E-state index in [1.165, 1.54) is 11.2 Å². The largest absolute Gasteiger partial charge is 0.465 e. The lowest BCUT2D eigenvalue weighted by Gasteiger charge is -2.35. The molecule has 1 amide bonds. The highest BCUT2D eigenvalue weighted by molar-refractivity contribution is 7.71. The standard InChI is InChI=1S/C17H16ClN5O4S/c18-10-2-1-9(11(5-10)12-7-27-4-3-22(12)17(25)26)6-23-14-13(19-8-20-14)15(24)21-16(23)28/h1-2,5,8,12H,3-4,6-7H2,(H,19,20)(H,25,26)(H,21,24,28). The van der Waals surface area contributed by atoms with Crippen LogP contribution in [-0.2, 0) is 11.3 Å². The topological polar surface area (TPSA) is 116 Å². The quantitative estimate of drug-likeness (QED) is 0.559.